The van der Waals surface area contributed by atoms with E-state index in [1.807, 2.05) is 0 Å². The Morgan fingerprint density at radius 1 is 1.54 bits per heavy atom. The van der Waals surface area contributed by atoms with Crippen LogP contribution in [0.15, 0.2) is 0 Å². The van der Waals surface area contributed by atoms with Gasteiger partial charge in [-0.3, -0.25) is 0 Å². The van der Waals surface area contributed by atoms with Crippen LogP contribution in [0, 0.1) is 8.80 Å². The summed E-state index contributed by atoms with van der Waals surface area (Å²) in [6.45, 7) is 4.50. The highest BCUT2D eigenvalue weighted by molar-refractivity contribution is 14.1. The van der Waals surface area contributed by atoms with E-state index in [0.717, 1.165) is 12.3 Å². The zero-order chi connectivity index (χ0) is 9.84. The minimum atomic E-state index is 0.670. The van der Waals surface area contributed by atoms with E-state index in [9.17, 15) is 0 Å². The van der Waals surface area contributed by atoms with Crippen molar-refractivity contribution in [1.29, 1.82) is 0 Å². The highest BCUT2D eigenvalue weighted by Crippen LogP contribution is 2.25. The Balaban J connectivity index is 2.40. The van der Waals surface area contributed by atoms with Crippen LogP contribution < -0.4 is 0 Å². The zero-order valence-electron chi connectivity index (χ0n) is 7.81. The average molecular weight is 330 g/mol. The molecular weight excluding hydrogens is 317 g/mol. The summed E-state index contributed by atoms with van der Waals surface area (Å²) in [5.41, 5.74) is 1.18. The van der Waals surface area contributed by atoms with Crippen LogP contribution in [-0.2, 0) is 6.42 Å². The van der Waals surface area contributed by atoms with Gasteiger partial charge in [-0.15, -0.1) is 0 Å². The predicted octanol–water partition coefficient (Wildman–Crippen LogP) is 4.38. The van der Waals surface area contributed by atoms with Gasteiger partial charge < -0.3 is 0 Å². The number of halogens is 2. The van der Waals surface area contributed by atoms with Crippen LogP contribution in [0.3, 0.4) is 0 Å². The number of nitrogens with zero attached hydrogens (tertiary/aromatic N) is 1. The summed E-state index contributed by atoms with van der Waals surface area (Å²) in [5, 5.41) is 0. The van der Waals surface area contributed by atoms with Crippen molar-refractivity contribution in [3.63, 3.8) is 0 Å². The maximum atomic E-state index is 5.81. The van der Waals surface area contributed by atoms with Gasteiger partial charge in [0.15, 0.2) is 4.47 Å². The van der Waals surface area contributed by atoms with Crippen LogP contribution in [0.4, 0.5) is 0 Å². The number of aryl methyl sites for hydroxylation is 1. The van der Waals surface area contributed by atoms with Gasteiger partial charge in [0.05, 0.1) is 8.58 Å². The number of thiazole rings is 1. The van der Waals surface area contributed by atoms with Crippen molar-refractivity contribution in [2.75, 3.05) is 0 Å². The lowest BCUT2D eigenvalue weighted by Crippen LogP contribution is -1.92. The molecule has 1 heterocycles. The molecule has 1 aromatic heterocycles. The first-order valence-corrected chi connectivity index (χ1v) is 6.67. The second-order valence-corrected chi connectivity index (χ2v) is 6.87. The molecule has 0 fully saturated rings. The zero-order valence-corrected chi connectivity index (χ0v) is 11.5. The third-order valence-electron chi connectivity index (χ3n) is 1.82. The van der Waals surface area contributed by atoms with E-state index in [4.69, 9.17) is 11.6 Å². The van der Waals surface area contributed by atoms with E-state index in [2.05, 4.69) is 41.4 Å². The van der Waals surface area contributed by atoms with E-state index in [1.165, 1.54) is 21.4 Å². The summed E-state index contributed by atoms with van der Waals surface area (Å²) >= 11 is 9.69. The summed E-state index contributed by atoms with van der Waals surface area (Å²) < 4.78 is 1.91. The summed E-state index contributed by atoms with van der Waals surface area (Å²) in [6.07, 6.45) is 3.55. The Hall–Kier alpha value is 0.650. The molecule has 0 aliphatic carbocycles. The molecule has 0 saturated carbocycles. The van der Waals surface area contributed by atoms with Gasteiger partial charge in [0.2, 0.25) is 0 Å². The largest absolute Gasteiger partial charge is 0.229 e. The molecule has 0 atom stereocenters. The van der Waals surface area contributed by atoms with Crippen LogP contribution in [0.2, 0.25) is 4.47 Å². The second kappa shape index (κ2) is 5.51. The molecule has 0 radical (unpaired) electrons. The van der Waals surface area contributed by atoms with E-state index < -0.39 is 0 Å². The monoisotopic (exact) mass is 329 g/mol. The van der Waals surface area contributed by atoms with Crippen molar-refractivity contribution >= 4 is 45.5 Å². The summed E-state index contributed by atoms with van der Waals surface area (Å²) in [5.74, 6) is 0.784. The van der Waals surface area contributed by atoms with E-state index in [1.54, 1.807) is 11.3 Å². The Kier molecular flexibility index (Phi) is 4.97. The molecular formula is C9H13ClINS. The molecule has 0 aliphatic heterocycles. The number of rotatable bonds is 4. The lowest BCUT2D eigenvalue weighted by atomic mass is 10.1. The molecule has 0 aliphatic rings. The van der Waals surface area contributed by atoms with E-state index >= 15 is 0 Å². The molecule has 0 bridgehead atoms. The molecule has 0 amide bonds. The Bertz CT molecular complexity index is 273. The van der Waals surface area contributed by atoms with Crippen LogP contribution in [0.1, 0.15) is 32.4 Å². The van der Waals surface area contributed by atoms with Crippen LogP contribution in [-0.4, -0.2) is 4.98 Å². The van der Waals surface area contributed by atoms with Crippen LogP contribution in [0.25, 0.3) is 0 Å². The lowest BCUT2D eigenvalue weighted by Gasteiger charge is -2.02. The first-order chi connectivity index (χ1) is 6.09. The van der Waals surface area contributed by atoms with Gasteiger partial charge in [0.1, 0.15) is 0 Å². The standard InChI is InChI=1S/C9H13ClINS/c1-6(2)4-3-5-7-8(11)13-9(10)12-7/h6H,3-5H2,1-2H3. The van der Waals surface area contributed by atoms with Gasteiger partial charge in [-0.25, -0.2) is 4.98 Å². The molecule has 0 unspecified atom stereocenters. The fourth-order valence-electron chi connectivity index (χ4n) is 1.14. The lowest BCUT2D eigenvalue weighted by molar-refractivity contribution is 0.553. The molecule has 1 nitrogen and oxygen atoms in total. The molecule has 4 heteroatoms. The smallest absolute Gasteiger partial charge is 0.184 e. The molecule has 0 aromatic carbocycles. The molecule has 0 N–H and O–H groups in total. The summed E-state index contributed by atoms with van der Waals surface area (Å²) in [6, 6.07) is 0. The maximum absolute atomic E-state index is 5.81. The Labute approximate surface area is 102 Å². The number of hydrogen-bond donors (Lipinski definition) is 0. The average Bonchev–Trinajstić information content (AvgIpc) is 2.29. The van der Waals surface area contributed by atoms with Gasteiger partial charge >= 0.3 is 0 Å². The van der Waals surface area contributed by atoms with Gasteiger partial charge in [0.25, 0.3) is 0 Å². The predicted molar refractivity (Wildman–Crippen MR) is 67.6 cm³/mol. The van der Waals surface area contributed by atoms with Crippen molar-refractivity contribution in [3.05, 3.63) is 13.0 Å². The van der Waals surface area contributed by atoms with Gasteiger partial charge in [-0.05, 0) is 41.4 Å². The topological polar surface area (TPSA) is 12.9 Å². The molecule has 1 rings (SSSR count). The van der Waals surface area contributed by atoms with Crippen molar-refractivity contribution in [1.82, 2.24) is 4.98 Å². The first kappa shape index (κ1) is 11.7. The quantitative estimate of drug-likeness (QED) is 0.747. The van der Waals surface area contributed by atoms with Gasteiger partial charge in [-0.1, -0.05) is 43.2 Å². The van der Waals surface area contributed by atoms with Gasteiger partial charge in [-0.2, -0.15) is 0 Å². The molecule has 0 spiro atoms. The fraction of sp³-hybridized carbons (Fsp3) is 0.667. The number of aromatic nitrogens is 1. The van der Waals surface area contributed by atoms with E-state index in [0.29, 0.717) is 4.47 Å². The fourth-order valence-corrected chi connectivity index (χ4v) is 3.45. The van der Waals surface area contributed by atoms with Crippen LogP contribution in [0.5, 0.6) is 0 Å². The third kappa shape index (κ3) is 4.13. The second-order valence-electron chi connectivity index (χ2n) is 3.47. The highest BCUT2D eigenvalue weighted by atomic mass is 127. The Morgan fingerprint density at radius 3 is 2.69 bits per heavy atom. The molecule has 13 heavy (non-hydrogen) atoms. The van der Waals surface area contributed by atoms with Crippen molar-refractivity contribution in [2.24, 2.45) is 5.92 Å². The van der Waals surface area contributed by atoms with Crippen molar-refractivity contribution in [2.45, 2.75) is 33.1 Å². The third-order valence-corrected chi connectivity index (χ3v) is 4.09. The van der Waals surface area contributed by atoms with Crippen molar-refractivity contribution in [3.8, 4) is 0 Å². The number of hydrogen-bond acceptors (Lipinski definition) is 2. The van der Waals surface area contributed by atoms with Gasteiger partial charge in [0, 0.05) is 0 Å². The normalized spacial score (nSPS) is 11.2. The minimum absolute atomic E-state index is 0.670. The minimum Gasteiger partial charge on any atom is -0.229 e. The molecule has 1 aromatic rings. The van der Waals surface area contributed by atoms with E-state index in [-0.39, 0.29) is 0 Å². The highest BCUT2D eigenvalue weighted by Gasteiger charge is 2.06. The molecule has 74 valence electrons. The first-order valence-electron chi connectivity index (χ1n) is 4.40. The SMILES string of the molecule is CC(C)CCCc1nc(Cl)sc1I. The Morgan fingerprint density at radius 2 is 2.23 bits per heavy atom. The molecule has 0 saturated heterocycles. The maximum Gasteiger partial charge on any atom is 0.184 e. The summed E-state index contributed by atoms with van der Waals surface area (Å²) in [4.78, 5) is 4.28. The van der Waals surface area contributed by atoms with Crippen molar-refractivity contribution < 1.29 is 0 Å². The summed E-state index contributed by atoms with van der Waals surface area (Å²) in [7, 11) is 0. The van der Waals surface area contributed by atoms with Crippen LogP contribution >= 0.6 is 45.5 Å².